The minimum Gasteiger partial charge on any atom is -0.467 e. The number of carbonyl (C=O) groups excluding carboxylic acids is 2. The molecule has 1 atom stereocenters. The van der Waals surface area contributed by atoms with Crippen LogP contribution < -0.4 is 10.9 Å². The molecular weight excluding hydrogens is 332 g/mol. The number of carbonyl (C=O) groups is 2. The smallest absolute Gasteiger partial charge is 0.328 e. The van der Waals surface area contributed by atoms with Gasteiger partial charge in [0, 0.05) is 11.2 Å². The number of benzene rings is 1. The summed E-state index contributed by atoms with van der Waals surface area (Å²) in [5.41, 5.74) is 0.395. The van der Waals surface area contributed by atoms with Crippen LogP contribution in [0.4, 0.5) is 0 Å². The first kappa shape index (κ1) is 17.7. The average Bonchev–Trinajstić information content (AvgIpc) is 2.57. The summed E-state index contributed by atoms with van der Waals surface area (Å²) in [5.74, 6) is -1.20. The zero-order chi connectivity index (χ0) is 17.7. The fourth-order valence-corrected chi connectivity index (χ4v) is 2.26. The van der Waals surface area contributed by atoms with Crippen LogP contribution in [0.1, 0.15) is 22.8 Å². The van der Waals surface area contributed by atoms with Crippen LogP contribution in [0, 0.1) is 0 Å². The molecule has 1 heterocycles. The number of ether oxygens (including phenoxy) is 1. The second-order valence-corrected chi connectivity index (χ2v) is 5.64. The van der Waals surface area contributed by atoms with Gasteiger partial charge < -0.3 is 14.6 Å². The molecule has 0 aliphatic heterocycles. The normalized spacial score (nSPS) is 11.6. The molecule has 7 heteroatoms. The van der Waals surface area contributed by atoms with Crippen molar-refractivity contribution in [2.45, 2.75) is 19.5 Å². The summed E-state index contributed by atoms with van der Waals surface area (Å²) in [7, 11) is 1.23. The summed E-state index contributed by atoms with van der Waals surface area (Å²) in [4.78, 5) is 36.0. The second-order valence-electron chi connectivity index (χ2n) is 5.20. The van der Waals surface area contributed by atoms with E-state index in [9.17, 15) is 14.4 Å². The molecule has 1 amide bonds. The Labute approximate surface area is 144 Å². The summed E-state index contributed by atoms with van der Waals surface area (Å²) < 4.78 is 5.96. The number of esters is 1. The molecule has 24 heavy (non-hydrogen) atoms. The van der Waals surface area contributed by atoms with Gasteiger partial charge in [-0.1, -0.05) is 23.7 Å². The molecule has 0 saturated heterocycles. The van der Waals surface area contributed by atoms with E-state index in [0.717, 1.165) is 5.56 Å². The van der Waals surface area contributed by atoms with Crippen LogP contribution in [0.2, 0.25) is 5.02 Å². The molecule has 1 N–H and O–H groups in total. The number of hydrogen-bond donors (Lipinski definition) is 1. The topological polar surface area (TPSA) is 77.4 Å². The number of aromatic nitrogens is 1. The Morgan fingerprint density at radius 2 is 1.92 bits per heavy atom. The highest BCUT2D eigenvalue weighted by Crippen LogP contribution is 2.10. The van der Waals surface area contributed by atoms with Gasteiger partial charge in [0.1, 0.15) is 11.6 Å². The Bertz CT molecular complexity index is 799. The van der Waals surface area contributed by atoms with E-state index in [0.29, 0.717) is 11.6 Å². The molecule has 0 aliphatic rings. The van der Waals surface area contributed by atoms with Crippen molar-refractivity contribution in [1.29, 1.82) is 0 Å². The summed E-state index contributed by atoms with van der Waals surface area (Å²) in [5, 5.41) is 3.05. The Balaban J connectivity index is 2.21. The summed E-state index contributed by atoms with van der Waals surface area (Å²) in [6.07, 6.45) is 1.59. The SMILES string of the molecule is COC(=O)[C@H](C)NC(=O)c1cccn(Cc2ccc(Cl)cc2)c1=O. The van der Waals surface area contributed by atoms with Gasteiger partial charge in [0.05, 0.1) is 13.7 Å². The summed E-state index contributed by atoms with van der Waals surface area (Å²) >= 11 is 5.84. The predicted octanol–water partition coefficient (Wildman–Crippen LogP) is 1.84. The lowest BCUT2D eigenvalue weighted by molar-refractivity contribution is -0.142. The van der Waals surface area contributed by atoms with Crippen molar-refractivity contribution in [3.8, 4) is 0 Å². The number of nitrogens with one attached hydrogen (secondary N) is 1. The standard InChI is InChI=1S/C17H17ClN2O4/c1-11(17(23)24-2)19-15(21)14-4-3-9-20(16(14)22)10-12-5-7-13(18)8-6-12/h3-9,11H,10H2,1-2H3,(H,19,21)/t11-/m0/s1. The molecule has 0 aliphatic carbocycles. The maximum absolute atomic E-state index is 12.5. The van der Waals surface area contributed by atoms with Gasteiger partial charge in [-0.15, -0.1) is 0 Å². The molecule has 0 spiro atoms. The van der Waals surface area contributed by atoms with Crippen molar-refractivity contribution >= 4 is 23.5 Å². The lowest BCUT2D eigenvalue weighted by Gasteiger charge is -2.12. The third-order valence-electron chi connectivity index (χ3n) is 3.43. The lowest BCUT2D eigenvalue weighted by Crippen LogP contribution is -2.41. The van der Waals surface area contributed by atoms with E-state index in [1.165, 1.54) is 24.7 Å². The van der Waals surface area contributed by atoms with E-state index in [-0.39, 0.29) is 5.56 Å². The van der Waals surface area contributed by atoms with E-state index in [1.807, 2.05) is 0 Å². The number of nitrogens with zero attached hydrogens (tertiary/aromatic N) is 1. The minimum absolute atomic E-state index is 0.0396. The summed E-state index contributed by atoms with van der Waals surface area (Å²) in [6, 6.07) is 9.26. The zero-order valence-electron chi connectivity index (χ0n) is 13.3. The number of amides is 1. The maximum Gasteiger partial charge on any atom is 0.328 e. The molecule has 0 saturated carbocycles. The minimum atomic E-state index is -0.841. The Morgan fingerprint density at radius 3 is 2.54 bits per heavy atom. The number of methoxy groups -OCH3 is 1. The highest BCUT2D eigenvalue weighted by molar-refractivity contribution is 6.30. The number of rotatable bonds is 5. The van der Waals surface area contributed by atoms with E-state index in [4.69, 9.17) is 11.6 Å². The van der Waals surface area contributed by atoms with Gasteiger partial charge in [-0.25, -0.2) is 4.79 Å². The van der Waals surface area contributed by atoms with Crippen LogP contribution in [-0.2, 0) is 16.1 Å². The predicted molar refractivity (Wildman–Crippen MR) is 90.2 cm³/mol. The molecule has 2 aromatic rings. The number of pyridine rings is 1. The fourth-order valence-electron chi connectivity index (χ4n) is 2.13. The summed E-state index contributed by atoms with van der Waals surface area (Å²) in [6.45, 7) is 1.79. The van der Waals surface area contributed by atoms with Gasteiger partial charge in [0.25, 0.3) is 11.5 Å². The van der Waals surface area contributed by atoms with Gasteiger partial charge in [0.15, 0.2) is 0 Å². The van der Waals surface area contributed by atoms with E-state index in [1.54, 1.807) is 36.5 Å². The Morgan fingerprint density at radius 1 is 1.25 bits per heavy atom. The largest absolute Gasteiger partial charge is 0.467 e. The molecule has 1 aromatic carbocycles. The van der Waals surface area contributed by atoms with Gasteiger partial charge in [-0.3, -0.25) is 9.59 Å². The molecule has 0 fully saturated rings. The van der Waals surface area contributed by atoms with Gasteiger partial charge in [-0.05, 0) is 36.8 Å². The van der Waals surface area contributed by atoms with E-state index < -0.39 is 23.5 Å². The van der Waals surface area contributed by atoms with Crippen molar-refractivity contribution in [3.63, 3.8) is 0 Å². The van der Waals surface area contributed by atoms with Crippen molar-refractivity contribution in [3.05, 3.63) is 69.1 Å². The number of hydrogen-bond acceptors (Lipinski definition) is 4. The molecule has 1 aromatic heterocycles. The van der Waals surface area contributed by atoms with Crippen LogP contribution in [0.5, 0.6) is 0 Å². The highest BCUT2D eigenvalue weighted by Gasteiger charge is 2.19. The average molecular weight is 349 g/mol. The van der Waals surface area contributed by atoms with Crippen molar-refractivity contribution in [2.75, 3.05) is 7.11 Å². The first-order valence-electron chi connectivity index (χ1n) is 7.25. The van der Waals surface area contributed by atoms with Gasteiger partial charge >= 0.3 is 5.97 Å². The van der Waals surface area contributed by atoms with Crippen LogP contribution in [0.15, 0.2) is 47.4 Å². The van der Waals surface area contributed by atoms with E-state index in [2.05, 4.69) is 10.1 Å². The van der Waals surface area contributed by atoms with Gasteiger partial charge in [-0.2, -0.15) is 0 Å². The molecule has 0 bridgehead atoms. The van der Waals surface area contributed by atoms with Crippen LogP contribution >= 0.6 is 11.6 Å². The van der Waals surface area contributed by atoms with E-state index >= 15 is 0 Å². The van der Waals surface area contributed by atoms with Crippen LogP contribution in [0.3, 0.4) is 0 Å². The van der Waals surface area contributed by atoms with Crippen molar-refractivity contribution in [2.24, 2.45) is 0 Å². The third-order valence-corrected chi connectivity index (χ3v) is 3.69. The van der Waals surface area contributed by atoms with Gasteiger partial charge in [0.2, 0.25) is 0 Å². The molecule has 2 rings (SSSR count). The fraction of sp³-hybridized carbons (Fsp3) is 0.235. The molecule has 126 valence electrons. The lowest BCUT2D eigenvalue weighted by atomic mass is 10.2. The van der Waals surface area contributed by atoms with Crippen molar-refractivity contribution in [1.82, 2.24) is 9.88 Å². The molecule has 6 nitrogen and oxygen atoms in total. The third kappa shape index (κ3) is 4.23. The quantitative estimate of drug-likeness (QED) is 0.836. The highest BCUT2D eigenvalue weighted by atomic mass is 35.5. The van der Waals surface area contributed by atoms with Crippen molar-refractivity contribution < 1.29 is 14.3 Å². The first-order valence-corrected chi connectivity index (χ1v) is 7.62. The number of halogens is 1. The first-order chi connectivity index (χ1) is 11.4. The van der Waals surface area contributed by atoms with Crippen LogP contribution in [0.25, 0.3) is 0 Å². The molecule has 0 radical (unpaired) electrons. The monoisotopic (exact) mass is 348 g/mol. The Kier molecular flexibility index (Phi) is 5.76. The Hall–Kier alpha value is -2.60. The molecular formula is C17H17ClN2O4. The maximum atomic E-state index is 12.5. The second kappa shape index (κ2) is 7.79. The molecule has 0 unspecified atom stereocenters. The van der Waals surface area contributed by atoms with Crippen LogP contribution in [-0.4, -0.2) is 29.6 Å². The zero-order valence-corrected chi connectivity index (χ0v) is 14.0.